The summed E-state index contributed by atoms with van der Waals surface area (Å²) in [5, 5.41) is 56.9. The number of carbonyl (C=O) groups excluding carboxylic acids is 2. The molecule has 386 valence electrons. The van der Waals surface area contributed by atoms with E-state index in [1.807, 2.05) is 0 Å². The van der Waals surface area contributed by atoms with E-state index in [-0.39, 0.29) is 18.9 Å². The molecule has 1 aliphatic rings. The maximum atomic E-state index is 13.2. The van der Waals surface area contributed by atoms with Gasteiger partial charge >= 0.3 is 6.09 Å². The van der Waals surface area contributed by atoms with Gasteiger partial charge in [0, 0.05) is 20.5 Å². The number of ether oxygens (including phenoxy) is 3. The summed E-state index contributed by atoms with van der Waals surface area (Å²) >= 11 is 0. The molecular formula is C53H104N2O10. The molecule has 1 saturated heterocycles. The molecule has 0 radical (unpaired) electrons. The van der Waals surface area contributed by atoms with Crippen molar-refractivity contribution in [2.24, 2.45) is 0 Å². The number of hydrogen-bond acceptors (Lipinski definition) is 10. The van der Waals surface area contributed by atoms with Crippen LogP contribution < -0.4 is 5.32 Å². The van der Waals surface area contributed by atoms with Gasteiger partial charge in [-0.3, -0.25) is 4.79 Å². The lowest BCUT2D eigenvalue weighted by Crippen LogP contribution is -2.60. The standard InChI is InChI=1S/C53H104N2O10/c1-5-7-9-11-13-15-17-19-20-21-22-23-24-25-26-27-28-29-31-33-35-37-39-41-47(57)54-44(48(58)45(56)40-38-36-34-32-30-18-16-14-12-10-8-6-2)42-63-52-51(61)50(60)49(59)46(65-52)43-64-53(62)55(3)4/h44-46,48-52,56,58-61H,5-43H2,1-4H3,(H,54,57)/t44-,45+,46?,48-,49-,50-,51?,52-/m0/s1. The van der Waals surface area contributed by atoms with Crippen molar-refractivity contribution in [3.05, 3.63) is 0 Å². The maximum absolute atomic E-state index is 13.2. The molecule has 12 nitrogen and oxygen atoms in total. The number of amides is 2. The topological polar surface area (TPSA) is 178 Å². The molecule has 2 unspecified atom stereocenters. The molecule has 65 heavy (non-hydrogen) atoms. The second kappa shape index (κ2) is 42.6. The SMILES string of the molecule is CCCCCCCCCCCCCCCCCCCCCCCCCC(=O)N[C@@H](CO[C@H]1OC(COC(=O)N(C)C)[C@H](O)[C@H](O)C1O)[C@H](O)[C@H](O)CCCCCCCCCCCCCC. The highest BCUT2D eigenvalue weighted by molar-refractivity contribution is 5.76. The Morgan fingerprint density at radius 1 is 0.538 bits per heavy atom. The first-order valence-electron chi connectivity index (χ1n) is 27.3. The normalized spacial score (nSPS) is 20.1. The van der Waals surface area contributed by atoms with Crippen molar-refractivity contribution in [1.82, 2.24) is 10.2 Å². The Hall–Kier alpha value is -1.54. The highest BCUT2D eigenvalue weighted by atomic mass is 16.7. The van der Waals surface area contributed by atoms with Crippen LogP contribution in [0.25, 0.3) is 0 Å². The molecule has 1 aliphatic heterocycles. The number of aliphatic hydroxyl groups is 5. The average molecular weight is 929 g/mol. The van der Waals surface area contributed by atoms with Gasteiger partial charge in [0.25, 0.3) is 0 Å². The minimum absolute atomic E-state index is 0.268. The van der Waals surface area contributed by atoms with Crippen LogP contribution in [0, 0.1) is 0 Å². The first-order valence-corrected chi connectivity index (χ1v) is 27.3. The number of nitrogens with one attached hydrogen (secondary N) is 1. The van der Waals surface area contributed by atoms with Crippen LogP contribution in [0.5, 0.6) is 0 Å². The Bertz CT molecular complexity index is 1090. The van der Waals surface area contributed by atoms with Crippen LogP contribution >= 0.6 is 0 Å². The van der Waals surface area contributed by atoms with Crippen LogP contribution in [0.2, 0.25) is 0 Å². The van der Waals surface area contributed by atoms with E-state index in [9.17, 15) is 35.1 Å². The van der Waals surface area contributed by atoms with Gasteiger partial charge in [0.05, 0.1) is 18.8 Å². The predicted molar refractivity (Wildman–Crippen MR) is 264 cm³/mol. The van der Waals surface area contributed by atoms with Crippen molar-refractivity contribution in [1.29, 1.82) is 0 Å². The van der Waals surface area contributed by atoms with E-state index in [0.29, 0.717) is 12.8 Å². The average Bonchev–Trinajstić information content (AvgIpc) is 3.29. The molecule has 12 heteroatoms. The third-order valence-electron chi connectivity index (χ3n) is 13.4. The summed E-state index contributed by atoms with van der Waals surface area (Å²) < 4.78 is 16.7. The molecule has 0 aromatic rings. The summed E-state index contributed by atoms with van der Waals surface area (Å²) in [6, 6.07) is -1.02. The molecule has 0 aliphatic carbocycles. The van der Waals surface area contributed by atoms with Gasteiger partial charge in [-0.2, -0.15) is 0 Å². The maximum Gasteiger partial charge on any atom is 0.409 e. The van der Waals surface area contributed by atoms with Crippen LogP contribution in [-0.4, -0.2) is 119 Å². The summed E-state index contributed by atoms with van der Waals surface area (Å²) in [7, 11) is 3.00. The van der Waals surface area contributed by atoms with Crippen LogP contribution in [0.1, 0.15) is 251 Å². The summed E-state index contributed by atoms with van der Waals surface area (Å²) in [6.45, 7) is 3.78. The molecule has 0 saturated carbocycles. The minimum atomic E-state index is -1.66. The van der Waals surface area contributed by atoms with Crippen molar-refractivity contribution in [2.45, 2.75) is 300 Å². The van der Waals surface area contributed by atoms with E-state index in [1.54, 1.807) is 0 Å². The van der Waals surface area contributed by atoms with Crippen molar-refractivity contribution in [3.8, 4) is 0 Å². The van der Waals surface area contributed by atoms with Crippen LogP contribution in [0.4, 0.5) is 4.79 Å². The number of rotatable bonds is 45. The van der Waals surface area contributed by atoms with E-state index in [1.165, 1.54) is 192 Å². The van der Waals surface area contributed by atoms with Gasteiger partial charge in [0.1, 0.15) is 37.1 Å². The van der Waals surface area contributed by atoms with Gasteiger partial charge in [-0.25, -0.2) is 4.79 Å². The largest absolute Gasteiger partial charge is 0.447 e. The van der Waals surface area contributed by atoms with E-state index in [0.717, 1.165) is 44.9 Å². The van der Waals surface area contributed by atoms with E-state index >= 15 is 0 Å². The lowest BCUT2D eigenvalue weighted by molar-refractivity contribution is -0.303. The lowest BCUT2D eigenvalue weighted by Gasteiger charge is -2.40. The fourth-order valence-corrected chi connectivity index (χ4v) is 8.88. The van der Waals surface area contributed by atoms with Crippen molar-refractivity contribution >= 4 is 12.0 Å². The Balaban J connectivity index is 2.41. The summed E-state index contributed by atoms with van der Waals surface area (Å²) in [4.78, 5) is 26.3. The Kier molecular flexibility index (Phi) is 40.2. The molecule has 6 N–H and O–H groups in total. The molecule has 8 atom stereocenters. The van der Waals surface area contributed by atoms with Crippen LogP contribution in [0.3, 0.4) is 0 Å². The smallest absolute Gasteiger partial charge is 0.409 e. The van der Waals surface area contributed by atoms with E-state index in [2.05, 4.69) is 19.2 Å². The van der Waals surface area contributed by atoms with Crippen LogP contribution in [-0.2, 0) is 19.0 Å². The van der Waals surface area contributed by atoms with Crippen LogP contribution in [0.15, 0.2) is 0 Å². The number of aliphatic hydroxyl groups excluding tert-OH is 5. The molecule has 1 fully saturated rings. The number of hydrogen-bond donors (Lipinski definition) is 6. The van der Waals surface area contributed by atoms with Crippen molar-refractivity contribution in [2.75, 3.05) is 27.3 Å². The van der Waals surface area contributed by atoms with E-state index < -0.39 is 61.7 Å². The van der Waals surface area contributed by atoms with Crippen molar-refractivity contribution in [3.63, 3.8) is 0 Å². The number of unbranched alkanes of at least 4 members (excludes halogenated alkanes) is 33. The quantitative estimate of drug-likeness (QED) is 0.0322. The molecule has 1 heterocycles. The van der Waals surface area contributed by atoms with Gasteiger partial charge in [0.2, 0.25) is 5.91 Å². The summed E-state index contributed by atoms with van der Waals surface area (Å²) in [5.41, 5.74) is 0. The van der Waals surface area contributed by atoms with E-state index in [4.69, 9.17) is 14.2 Å². The fourth-order valence-electron chi connectivity index (χ4n) is 8.88. The Labute approximate surface area is 398 Å². The molecule has 1 rings (SSSR count). The first kappa shape index (κ1) is 61.5. The zero-order valence-electron chi connectivity index (χ0n) is 42.4. The second-order valence-electron chi connectivity index (χ2n) is 19.8. The molecule has 0 aromatic carbocycles. The van der Waals surface area contributed by atoms with Crippen molar-refractivity contribution < 1.29 is 49.3 Å². The number of nitrogens with zero attached hydrogens (tertiary/aromatic N) is 1. The third kappa shape index (κ3) is 32.8. The highest BCUT2D eigenvalue weighted by Gasteiger charge is 2.45. The fraction of sp³-hybridized carbons (Fsp3) is 0.962. The van der Waals surface area contributed by atoms with Gasteiger partial charge in [-0.05, 0) is 12.8 Å². The van der Waals surface area contributed by atoms with Gasteiger partial charge in [0.15, 0.2) is 6.29 Å². The molecule has 0 aromatic heterocycles. The monoisotopic (exact) mass is 929 g/mol. The number of carbonyl (C=O) groups is 2. The minimum Gasteiger partial charge on any atom is -0.447 e. The highest BCUT2D eigenvalue weighted by Crippen LogP contribution is 2.24. The third-order valence-corrected chi connectivity index (χ3v) is 13.4. The molecule has 2 amide bonds. The molecular weight excluding hydrogens is 825 g/mol. The Morgan fingerprint density at radius 3 is 1.29 bits per heavy atom. The zero-order chi connectivity index (χ0) is 47.8. The molecule has 0 bridgehead atoms. The zero-order valence-corrected chi connectivity index (χ0v) is 42.4. The summed E-state index contributed by atoms with van der Waals surface area (Å²) in [5.74, 6) is -0.271. The second-order valence-corrected chi connectivity index (χ2v) is 19.8. The molecule has 0 spiro atoms. The van der Waals surface area contributed by atoms with Gasteiger partial charge in [-0.15, -0.1) is 0 Å². The lowest BCUT2D eigenvalue weighted by atomic mass is 9.98. The summed E-state index contributed by atoms with van der Waals surface area (Å²) in [6.07, 6.45) is 34.1. The van der Waals surface area contributed by atoms with Gasteiger partial charge in [-0.1, -0.05) is 232 Å². The Morgan fingerprint density at radius 2 is 0.908 bits per heavy atom. The van der Waals surface area contributed by atoms with Gasteiger partial charge < -0.3 is 50.0 Å². The predicted octanol–water partition coefficient (Wildman–Crippen LogP) is 11.2. The first-order chi connectivity index (χ1) is 31.5.